The standard InChI is InChI=1S/C23H26N4O6S/c1-15-5-6-19(34(30,31)24-14-18-4-3-11-32-18)13-20(15)23(29)27-9-7-17(8-10-27)22(28)25-21-12-16(2)33-26-21/h3-6,11-13,17,24H,7-10,14H2,1-2H3,(H,25,26,28). The summed E-state index contributed by atoms with van der Waals surface area (Å²) in [5.74, 6) is 0.790. The SMILES string of the molecule is Cc1cc(NC(=O)C2CCN(C(=O)c3cc(S(=O)(=O)NCc4ccco4)ccc3C)CC2)no1. The Balaban J connectivity index is 1.39. The molecule has 0 radical (unpaired) electrons. The summed E-state index contributed by atoms with van der Waals surface area (Å²) in [6.07, 6.45) is 2.46. The minimum atomic E-state index is -3.84. The molecule has 1 saturated heterocycles. The van der Waals surface area contributed by atoms with E-state index < -0.39 is 10.0 Å². The lowest BCUT2D eigenvalue weighted by atomic mass is 9.95. The van der Waals surface area contributed by atoms with Crippen molar-refractivity contribution in [3.8, 4) is 0 Å². The van der Waals surface area contributed by atoms with E-state index in [-0.39, 0.29) is 29.2 Å². The Morgan fingerprint density at radius 2 is 1.91 bits per heavy atom. The van der Waals surface area contributed by atoms with Gasteiger partial charge in [0.1, 0.15) is 11.5 Å². The Labute approximate surface area is 197 Å². The highest BCUT2D eigenvalue weighted by atomic mass is 32.2. The van der Waals surface area contributed by atoms with E-state index in [0.717, 1.165) is 0 Å². The number of carbonyl (C=O) groups is 2. The van der Waals surface area contributed by atoms with Crippen molar-refractivity contribution < 1.29 is 26.9 Å². The predicted molar refractivity (Wildman–Crippen MR) is 122 cm³/mol. The number of hydrogen-bond donors (Lipinski definition) is 2. The molecule has 2 amide bonds. The van der Waals surface area contributed by atoms with Crippen molar-refractivity contribution in [2.45, 2.75) is 38.1 Å². The van der Waals surface area contributed by atoms with Gasteiger partial charge in [0.15, 0.2) is 5.82 Å². The van der Waals surface area contributed by atoms with E-state index in [9.17, 15) is 18.0 Å². The Bertz CT molecular complexity index is 1270. The van der Waals surface area contributed by atoms with E-state index in [1.165, 1.54) is 18.4 Å². The van der Waals surface area contributed by atoms with Gasteiger partial charge in [-0.05, 0) is 56.5 Å². The molecule has 3 aromatic rings. The molecule has 4 rings (SSSR count). The van der Waals surface area contributed by atoms with Gasteiger partial charge in [-0.25, -0.2) is 13.1 Å². The van der Waals surface area contributed by atoms with Crippen LogP contribution >= 0.6 is 0 Å². The number of aryl methyl sites for hydroxylation is 2. The van der Waals surface area contributed by atoms with E-state index in [4.69, 9.17) is 8.94 Å². The molecular weight excluding hydrogens is 460 g/mol. The third-order valence-corrected chi connectivity index (χ3v) is 7.20. The van der Waals surface area contributed by atoms with Gasteiger partial charge in [0.25, 0.3) is 5.91 Å². The molecule has 1 aromatic carbocycles. The van der Waals surface area contributed by atoms with Gasteiger partial charge in [-0.1, -0.05) is 11.2 Å². The van der Waals surface area contributed by atoms with Crippen molar-refractivity contribution >= 4 is 27.7 Å². The second-order valence-corrected chi connectivity index (χ2v) is 10.0. The molecule has 11 heteroatoms. The number of carbonyl (C=O) groups excluding carboxylic acids is 2. The van der Waals surface area contributed by atoms with Crippen molar-refractivity contribution in [3.63, 3.8) is 0 Å². The number of nitrogens with one attached hydrogen (secondary N) is 2. The molecule has 1 aliphatic rings. The number of sulfonamides is 1. The molecule has 10 nitrogen and oxygen atoms in total. The van der Waals surface area contributed by atoms with Crippen molar-refractivity contribution in [2.75, 3.05) is 18.4 Å². The van der Waals surface area contributed by atoms with Gasteiger partial charge in [0.05, 0.1) is 17.7 Å². The first-order valence-corrected chi connectivity index (χ1v) is 12.4. The van der Waals surface area contributed by atoms with Crippen LogP contribution in [0.4, 0.5) is 5.82 Å². The lowest BCUT2D eigenvalue weighted by molar-refractivity contribution is -0.121. The average Bonchev–Trinajstić information content (AvgIpc) is 3.49. The summed E-state index contributed by atoms with van der Waals surface area (Å²) in [4.78, 5) is 27.3. The molecule has 1 fully saturated rings. The van der Waals surface area contributed by atoms with Crippen molar-refractivity contribution in [1.82, 2.24) is 14.8 Å². The lowest BCUT2D eigenvalue weighted by Crippen LogP contribution is -2.41. The van der Waals surface area contributed by atoms with Crippen LogP contribution in [0, 0.1) is 19.8 Å². The summed E-state index contributed by atoms with van der Waals surface area (Å²) < 4.78 is 38.1. The number of anilines is 1. The first-order chi connectivity index (χ1) is 16.2. The topological polar surface area (TPSA) is 135 Å². The second kappa shape index (κ2) is 9.82. The number of benzene rings is 1. The first-order valence-electron chi connectivity index (χ1n) is 10.9. The van der Waals surface area contributed by atoms with E-state index in [1.54, 1.807) is 43.0 Å². The first kappa shape index (κ1) is 23.7. The highest BCUT2D eigenvalue weighted by Gasteiger charge is 2.29. The van der Waals surface area contributed by atoms with Crippen LogP contribution < -0.4 is 10.0 Å². The van der Waals surface area contributed by atoms with E-state index in [1.807, 2.05) is 0 Å². The van der Waals surface area contributed by atoms with Crippen LogP contribution in [-0.4, -0.2) is 43.4 Å². The predicted octanol–water partition coefficient (Wildman–Crippen LogP) is 2.85. The number of likely N-dealkylation sites (tertiary alicyclic amines) is 1. The quantitative estimate of drug-likeness (QED) is 0.524. The molecule has 3 heterocycles. The molecule has 0 saturated carbocycles. The fourth-order valence-corrected chi connectivity index (χ4v) is 4.85. The van der Waals surface area contributed by atoms with Crippen molar-refractivity contribution in [1.29, 1.82) is 0 Å². The highest BCUT2D eigenvalue weighted by Crippen LogP contribution is 2.23. The third kappa shape index (κ3) is 5.37. The summed E-state index contributed by atoms with van der Waals surface area (Å²) in [5.41, 5.74) is 0.998. The molecule has 0 bridgehead atoms. The Morgan fingerprint density at radius 1 is 1.15 bits per heavy atom. The number of rotatable bonds is 7. The average molecular weight is 487 g/mol. The second-order valence-electron chi connectivity index (χ2n) is 8.26. The summed E-state index contributed by atoms with van der Waals surface area (Å²) in [7, 11) is -3.84. The largest absolute Gasteiger partial charge is 0.468 e. The molecule has 0 atom stereocenters. The Morgan fingerprint density at radius 3 is 2.56 bits per heavy atom. The van der Waals surface area contributed by atoms with E-state index in [0.29, 0.717) is 54.4 Å². The highest BCUT2D eigenvalue weighted by molar-refractivity contribution is 7.89. The molecule has 2 aromatic heterocycles. The molecule has 1 aliphatic heterocycles. The Hall–Kier alpha value is -3.44. The zero-order valence-corrected chi connectivity index (χ0v) is 19.7. The molecule has 0 aliphatic carbocycles. The fourth-order valence-electron chi connectivity index (χ4n) is 3.83. The van der Waals surface area contributed by atoms with Gasteiger partial charge >= 0.3 is 0 Å². The molecular formula is C23H26N4O6S. The minimum absolute atomic E-state index is 0.00479. The van der Waals surface area contributed by atoms with Gasteiger partial charge < -0.3 is 19.2 Å². The monoisotopic (exact) mass is 486 g/mol. The molecule has 0 spiro atoms. The number of furan rings is 1. The van der Waals surface area contributed by atoms with Crippen LogP contribution in [0.5, 0.6) is 0 Å². The molecule has 180 valence electrons. The van der Waals surface area contributed by atoms with Gasteiger partial charge in [0.2, 0.25) is 15.9 Å². The number of piperidine rings is 1. The van der Waals surface area contributed by atoms with Crippen LogP contribution in [0.15, 0.2) is 56.5 Å². The lowest BCUT2D eigenvalue weighted by Gasteiger charge is -2.31. The maximum Gasteiger partial charge on any atom is 0.254 e. The van der Waals surface area contributed by atoms with Crippen LogP contribution in [0.1, 0.15) is 40.3 Å². The van der Waals surface area contributed by atoms with Gasteiger partial charge in [-0.15, -0.1) is 0 Å². The van der Waals surface area contributed by atoms with Crippen LogP contribution in [0.2, 0.25) is 0 Å². The van der Waals surface area contributed by atoms with Crippen molar-refractivity contribution in [2.24, 2.45) is 5.92 Å². The number of hydrogen-bond acceptors (Lipinski definition) is 7. The molecule has 0 unspecified atom stereocenters. The summed E-state index contributed by atoms with van der Waals surface area (Å²) in [6.45, 7) is 4.30. The van der Waals surface area contributed by atoms with Gasteiger partial charge in [0, 0.05) is 30.6 Å². The number of aromatic nitrogens is 1. The van der Waals surface area contributed by atoms with Crippen LogP contribution in [-0.2, 0) is 21.4 Å². The van der Waals surface area contributed by atoms with Crippen molar-refractivity contribution in [3.05, 3.63) is 65.3 Å². The smallest absolute Gasteiger partial charge is 0.254 e. The summed E-state index contributed by atoms with van der Waals surface area (Å²) in [6, 6.07) is 9.48. The van der Waals surface area contributed by atoms with E-state index >= 15 is 0 Å². The minimum Gasteiger partial charge on any atom is -0.468 e. The zero-order valence-electron chi connectivity index (χ0n) is 18.9. The van der Waals surface area contributed by atoms with Crippen LogP contribution in [0.25, 0.3) is 0 Å². The Kier molecular flexibility index (Phi) is 6.85. The maximum absolute atomic E-state index is 13.2. The molecule has 34 heavy (non-hydrogen) atoms. The third-order valence-electron chi connectivity index (χ3n) is 5.80. The van der Waals surface area contributed by atoms with Crippen LogP contribution in [0.3, 0.4) is 0 Å². The van der Waals surface area contributed by atoms with Gasteiger partial charge in [-0.2, -0.15) is 0 Å². The number of nitrogens with zero attached hydrogens (tertiary/aromatic N) is 2. The summed E-state index contributed by atoms with van der Waals surface area (Å²) >= 11 is 0. The zero-order chi connectivity index (χ0) is 24.3. The normalized spacial score (nSPS) is 14.8. The van der Waals surface area contributed by atoms with Gasteiger partial charge in [-0.3, -0.25) is 9.59 Å². The maximum atomic E-state index is 13.2. The molecule has 2 N–H and O–H groups in total. The fraction of sp³-hybridized carbons (Fsp3) is 0.348. The number of amides is 2. The summed E-state index contributed by atoms with van der Waals surface area (Å²) in [5, 5.41) is 6.50. The van der Waals surface area contributed by atoms with E-state index in [2.05, 4.69) is 15.2 Å².